The molecule has 0 bridgehead atoms. The summed E-state index contributed by atoms with van der Waals surface area (Å²) < 4.78 is 26.7. The van der Waals surface area contributed by atoms with Gasteiger partial charge in [0.05, 0.1) is 4.90 Å². The van der Waals surface area contributed by atoms with E-state index < -0.39 is 10.0 Å². The van der Waals surface area contributed by atoms with Gasteiger partial charge in [0.1, 0.15) is 0 Å². The Labute approximate surface area is 162 Å². The van der Waals surface area contributed by atoms with Gasteiger partial charge in [-0.2, -0.15) is 4.31 Å². The molecule has 0 radical (unpaired) electrons. The number of nitrogens with zero attached hydrogens (tertiary/aromatic N) is 1. The number of hydrogen-bond donors (Lipinski definition) is 1. The van der Waals surface area contributed by atoms with Crippen LogP contribution in [0.25, 0.3) is 0 Å². The molecular weight excluding hydrogens is 360 g/mol. The van der Waals surface area contributed by atoms with Crippen LogP contribution in [-0.4, -0.2) is 31.7 Å². The molecule has 1 N–H and O–H groups in total. The minimum absolute atomic E-state index is 0.108. The lowest BCUT2D eigenvalue weighted by molar-refractivity contribution is 0.0938. The molecule has 0 aromatic heterocycles. The highest BCUT2D eigenvalue weighted by Crippen LogP contribution is 2.17. The Morgan fingerprint density at radius 1 is 1.07 bits per heavy atom. The molecule has 1 atom stereocenters. The highest BCUT2D eigenvalue weighted by atomic mass is 32.2. The third-order valence-electron chi connectivity index (χ3n) is 4.45. The van der Waals surface area contributed by atoms with Crippen molar-refractivity contribution in [3.05, 3.63) is 65.2 Å². The summed E-state index contributed by atoms with van der Waals surface area (Å²) in [4.78, 5) is 12.5. The fraction of sp³-hybridized carbons (Fsp3) is 0.381. The van der Waals surface area contributed by atoms with Gasteiger partial charge in [0, 0.05) is 25.2 Å². The number of carbonyl (C=O) groups is 1. The van der Waals surface area contributed by atoms with E-state index in [4.69, 9.17) is 0 Å². The van der Waals surface area contributed by atoms with Crippen LogP contribution in [0.5, 0.6) is 0 Å². The summed E-state index contributed by atoms with van der Waals surface area (Å²) in [5, 5.41) is 2.96. The van der Waals surface area contributed by atoms with E-state index in [1.54, 1.807) is 55.6 Å². The first-order chi connectivity index (χ1) is 12.7. The molecule has 146 valence electrons. The number of hydrogen-bond acceptors (Lipinski definition) is 3. The summed E-state index contributed by atoms with van der Waals surface area (Å²) in [7, 11) is -1.99. The second kappa shape index (κ2) is 9.15. The van der Waals surface area contributed by atoms with Crippen molar-refractivity contribution in [2.45, 2.75) is 51.1 Å². The van der Waals surface area contributed by atoms with E-state index in [9.17, 15) is 13.2 Å². The van der Waals surface area contributed by atoms with Crippen LogP contribution in [0.15, 0.2) is 53.4 Å². The highest BCUT2D eigenvalue weighted by molar-refractivity contribution is 7.89. The minimum atomic E-state index is -3.55. The van der Waals surface area contributed by atoms with Gasteiger partial charge in [-0.05, 0) is 50.1 Å². The largest absolute Gasteiger partial charge is 0.350 e. The lowest BCUT2D eigenvalue weighted by Crippen LogP contribution is -2.32. The molecule has 0 saturated carbocycles. The second-order valence-corrected chi connectivity index (χ2v) is 8.98. The summed E-state index contributed by atoms with van der Waals surface area (Å²) in [5.41, 5.74) is 2.41. The van der Waals surface area contributed by atoms with Crippen LogP contribution >= 0.6 is 0 Å². The van der Waals surface area contributed by atoms with Gasteiger partial charge in [-0.25, -0.2) is 8.42 Å². The number of amides is 1. The molecule has 0 fully saturated rings. The topological polar surface area (TPSA) is 66.5 Å². The summed E-state index contributed by atoms with van der Waals surface area (Å²) in [6.45, 7) is 6.23. The maximum atomic E-state index is 12.7. The first kappa shape index (κ1) is 21.1. The van der Waals surface area contributed by atoms with Gasteiger partial charge >= 0.3 is 0 Å². The van der Waals surface area contributed by atoms with Crippen molar-refractivity contribution in [2.75, 3.05) is 7.05 Å². The Morgan fingerprint density at radius 3 is 2.22 bits per heavy atom. The van der Waals surface area contributed by atoms with E-state index in [0.717, 1.165) is 24.0 Å². The maximum absolute atomic E-state index is 12.7. The van der Waals surface area contributed by atoms with Crippen LogP contribution in [-0.2, 0) is 16.6 Å². The zero-order chi connectivity index (χ0) is 20.0. The van der Waals surface area contributed by atoms with Crippen LogP contribution in [0.2, 0.25) is 0 Å². The second-order valence-electron chi connectivity index (χ2n) is 6.93. The smallest absolute Gasteiger partial charge is 0.251 e. The first-order valence-electron chi connectivity index (χ1n) is 9.17. The van der Waals surface area contributed by atoms with E-state index in [-0.39, 0.29) is 23.4 Å². The highest BCUT2D eigenvalue weighted by Gasteiger charge is 2.20. The lowest BCUT2D eigenvalue weighted by Gasteiger charge is -2.18. The van der Waals surface area contributed by atoms with Crippen molar-refractivity contribution in [3.8, 4) is 0 Å². The fourth-order valence-electron chi connectivity index (χ4n) is 2.81. The van der Waals surface area contributed by atoms with E-state index in [1.165, 1.54) is 4.31 Å². The average Bonchev–Trinajstić information content (AvgIpc) is 2.62. The molecule has 2 rings (SSSR count). The molecule has 0 heterocycles. The molecule has 2 aromatic rings. The predicted molar refractivity (Wildman–Crippen MR) is 108 cm³/mol. The Bertz CT molecular complexity index is 859. The number of benzene rings is 2. The SMILES string of the molecule is CCCC(C)NC(=O)c1ccc(CN(C)S(=O)(=O)c2ccc(C)cc2)cc1. The van der Waals surface area contributed by atoms with Gasteiger partial charge < -0.3 is 5.32 Å². The summed E-state index contributed by atoms with van der Waals surface area (Å²) in [6, 6.07) is 14.0. The van der Waals surface area contributed by atoms with Gasteiger partial charge in [0.25, 0.3) is 5.91 Å². The number of nitrogens with one attached hydrogen (secondary N) is 1. The summed E-state index contributed by atoms with van der Waals surface area (Å²) in [6.07, 6.45) is 1.95. The molecule has 0 spiro atoms. The number of rotatable bonds is 8. The van der Waals surface area contributed by atoms with Crippen molar-refractivity contribution in [1.82, 2.24) is 9.62 Å². The Kier molecular flexibility index (Phi) is 7.16. The first-order valence-corrected chi connectivity index (χ1v) is 10.6. The van der Waals surface area contributed by atoms with E-state index in [0.29, 0.717) is 5.56 Å². The molecular formula is C21H28N2O3S. The molecule has 1 amide bonds. The lowest BCUT2D eigenvalue weighted by atomic mass is 10.1. The van der Waals surface area contributed by atoms with Gasteiger partial charge in [-0.1, -0.05) is 43.2 Å². The summed E-state index contributed by atoms with van der Waals surface area (Å²) in [5.74, 6) is -0.108. The van der Waals surface area contributed by atoms with Gasteiger partial charge in [0.15, 0.2) is 0 Å². The van der Waals surface area contributed by atoms with Crippen molar-refractivity contribution >= 4 is 15.9 Å². The number of aryl methyl sites for hydroxylation is 1. The molecule has 6 heteroatoms. The fourth-order valence-corrected chi connectivity index (χ4v) is 3.97. The molecule has 0 aliphatic heterocycles. The van der Waals surface area contributed by atoms with Crippen LogP contribution in [0.1, 0.15) is 48.2 Å². The molecule has 0 saturated heterocycles. The molecule has 27 heavy (non-hydrogen) atoms. The Balaban J connectivity index is 2.05. The standard InChI is InChI=1S/C21H28N2O3S/c1-5-6-17(3)22-21(24)19-11-9-18(10-12-19)15-23(4)27(25,26)20-13-7-16(2)8-14-20/h7-14,17H,5-6,15H2,1-4H3,(H,22,24). The zero-order valence-corrected chi connectivity index (χ0v) is 17.2. The molecule has 0 aliphatic rings. The quantitative estimate of drug-likeness (QED) is 0.749. The van der Waals surface area contributed by atoms with Crippen LogP contribution < -0.4 is 5.32 Å². The van der Waals surface area contributed by atoms with Crippen molar-refractivity contribution in [1.29, 1.82) is 0 Å². The zero-order valence-electron chi connectivity index (χ0n) is 16.4. The van der Waals surface area contributed by atoms with Crippen LogP contribution in [0, 0.1) is 6.92 Å². The van der Waals surface area contributed by atoms with Crippen molar-refractivity contribution < 1.29 is 13.2 Å². The van der Waals surface area contributed by atoms with Gasteiger partial charge in [-0.15, -0.1) is 0 Å². The predicted octanol–water partition coefficient (Wildman–Crippen LogP) is 3.73. The number of carbonyl (C=O) groups excluding carboxylic acids is 1. The molecule has 0 aliphatic carbocycles. The minimum Gasteiger partial charge on any atom is -0.350 e. The monoisotopic (exact) mass is 388 g/mol. The van der Waals surface area contributed by atoms with Gasteiger partial charge in [-0.3, -0.25) is 4.79 Å². The molecule has 2 aromatic carbocycles. The van der Waals surface area contributed by atoms with Crippen molar-refractivity contribution in [3.63, 3.8) is 0 Å². The van der Waals surface area contributed by atoms with Crippen molar-refractivity contribution in [2.24, 2.45) is 0 Å². The molecule has 5 nitrogen and oxygen atoms in total. The average molecular weight is 389 g/mol. The maximum Gasteiger partial charge on any atom is 0.251 e. The van der Waals surface area contributed by atoms with E-state index >= 15 is 0 Å². The normalized spacial score (nSPS) is 12.8. The summed E-state index contributed by atoms with van der Waals surface area (Å²) >= 11 is 0. The van der Waals surface area contributed by atoms with Gasteiger partial charge in [0.2, 0.25) is 10.0 Å². The van der Waals surface area contributed by atoms with E-state index in [1.807, 2.05) is 13.8 Å². The third-order valence-corrected chi connectivity index (χ3v) is 6.27. The Hall–Kier alpha value is -2.18. The van der Waals surface area contributed by atoms with E-state index in [2.05, 4.69) is 12.2 Å². The Morgan fingerprint density at radius 2 is 1.67 bits per heavy atom. The third kappa shape index (κ3) is 5.65. The molecule has 1 unspecified atom stereocenters. The van der Waals surface area contributed by atoms with Crippen LogP contribution in [0.3, 0.4) is 0 Å². The van der Waals surface area contributed by atoms with Crippen LogP contribution in [0.4, 0.5) is 0 Å². The number of sulfonamides is 1.